The molecule has 2 rings (SSSR count). The number of aromatic nitrogens is 1. The average molecular weight is 288 g/mol. The summed E-state index contributed by atoms with van der Waals surface area (Å²) in [5.41, 5.74) is 7.71. The van der Waals surface area contributed by atoms with Crippen LogP contribution in [0, 0.1) is 5.82 Å². The smallest absolute Gasteiger partial charge is 0.170 e. The van der Waals surface area contributed by atoms with Crippen LogP contribution in [0.2, 0.25) is 0 Å². The first-order chi connectivity index (χ1) is 10.2. The Kier molecular flexibility index (Phi) is 5.22. The van der Waals surface area contributed by atoms with E-state index in [4.69, 9.17) is 10.9 Å². The van der Waals surface area contributed by atoms with Gasteiger partial charge in [0.25, 0.3) is 0 Å². The molecule has 0 unspecified atom stereocenters. The Bertz CT molecular complexity index is 616. The van der Waals surface area contributed by atoms with E-state index in [2.05, 4.69) is 15.5 Å². The molecule has 0 saturated heterocycles. The Balaban J connectivity index is 1.90. The summed E-state index contributed by atoms with van der Waals surface area (Å²) in [5, 5.41) is 14.7. The number of amidine groups is 1. The lowest BCUT2D eigenvalue weighted by Crippen LogP contribution is -2.18. The number of benzene rings is 1. The van der Waals surface area contributed by atoms with Gasteiger partial charge in [-0.2, -0.15) is 0 Å². The molecule has 0 amide bonds. The molecular weight excluding hydrogens is 271 g/mol. The highest BCUT2D eigenvalue weighted by Gasteiger charge is 2.04. The molecule has 0 atom stereocenters. The lowest BCUT2D eigenvalue weighted by Gasteiger charge is -2.07. The minimum atomic E-state index is -0.414. The van der Waals surface area contributed by atoms with E-state index in [1.54, 1.807) is 12.3 Å². The topological polar surface area (TPSA) is 83.5 Å². The highest BCUT2D eigenvalue weighted by molar-refractivity contribution is 5.97. The van der Waals surface area contributed by atoms with Crippen molar-refractivity contribution in [1.29, 1.82) is 0 Å². The molecule has 21 heavy (non-hydrogen) atoms. The van der Waals surface area contributed by atoms with Gasteiger partial charge in [-0.25, -0.2) is 4.39 Å². The van der Waals surface area contributed by atoms with Gasteiger partial charge in [-0.1, -0.05) is 11.2 Å². The molecule has 0 radical (unpaired) electrons. The lowest BCUT2D eigenvalue weighted by atomic mass is 10.1. The SMILES string of the molecule is N/C(=N/O)c1cc(F)cc(CNCCc2cccnc2)c1. The monoisotopic (exact) mass is 288 g/mol. The van der Waals surface area contributed by atoms with E-state index in [9.17, 15) is 4.39 Å². The van der Waals surface area contributed by atoms with Crippen molar-refractivity contribution < 1.29 is 9.60 Å². The highest BCUT2D eigenvalue weighted by atomic mass is 19.1. The van der Waals surface area contributed by atoms with E-state index in [-0.39, 0.29) is 5.84 Å². The first-order valence-electron chi connectivity index (χ1n) is 6.56. The van der Waals surface area contributed by atoms with E-state index in [0.29, 0.717) is 12.1 Å². The van der Waals surface area contributed by atoms with Crippen molar-refractivity contribution in [2.45, 2.75) is 13.0 Å². The summed E-state index contributed by atoms with van der Waals surface area (Å²) in [6, 6.07) is 8.24. The van der Waals surface area contributed by atoms with Gasteiger partial charge in [-0.3, -0.25) is 4.98 Å². The molecule has 1 heterocycles. The second-order valence-corrected chi connectivity index (χ2v) is 4.62. The van der Waals surface area contributed by atoms with Crippen LogP contribution in [0.4, 0.5) is 4.39 Å². The minimum absolute atomic E-state index is 0.105. The molecule has 0 fully saturated rings. The number of rotatable bonds is 6. The summed E-state index contributed by atoms with van der Waals surface area (Å²) >= 11 is 0. The number of halogens is 1. The molecule has 0 aliphatic carbocycles. The number of pyridine rings is 1. The quantitative estimate of drug-likeness (QED) is 0.248. The molecule has 2 aromatic rings. The van der Waals surface area contributed by atoms with Gasteiger partial charge in [0.2, 0.25) is 0 Å². The third-order valence-corrected chi connectivity index (χ3v) is 3.00. The fourth-order valence-electron chi connectivity index (χ4n) is 1.97. The fourth-order valence-corrected chi connectivity index (χ4v) is 1.97. The number of nitrogens with two attached hydrogens (primary N) is 1. The molecule has 0 saturated carbocycles. The Labute approximate surface area is 122 Å². The van der Waals surface area contributed by atoms with E-state index in [1.165, 1.54) is 12.1 Å². The summed E-state index contributed by atoms with van der Waals surface area (Å²) in [6.07, 6.45) is 4.40. The zero-order valence-electron chi connectivity index (χ0n) is 11.5. The second kappa shape index (κ2) is 7.35. The summed E-state index contributed by atoms with van der Waals surface area (Å²) in [4.78, 5) is 4.05. The molecule has 0 spiro atoms. The maximum absolute atomic E-state index is 13.5. The van der Waals surface area contributed by atoms with Crippen molar-refractivity contribution in [2.24, 2.45) is 10.9 Å². The van der Waals surface area contributed by atoms with Crippen molar-refractivity contribution in [1.82, 2.24) is 10.3 Å². The van der Waals surface area contributed by atoms with Crippen molar-refractivity contribution in [3.63, 3.8) is 0 Å². The first kappa shape index (κ1) is 14.9. The Morgan fingerprint density at radius 1 is 1.33 bits per heavy atom. The molecule has 5 nitrogen and oxygen atoms in total. The summed E-state index contributed by atoms with van der Waals surface area (Å²) in [5.74, 6) is -0.519. The van der Waals surface area contributed by atoms with Crippen LogP contribution >= 0.6 is 0 Å². The molecule has 6 heteroatoms. The third kappa shape index (κ3) is 4.54. The maximum atomic E-state index is 13.5. The zero-order valence-corrected chi connectivity index (χ0v) is 11.5. The molecular formula is C15H17FN4O. The van der Waals surface area contributed by atoms with Crippen LogP contribution in [0.5, 0.6) is 0 Å². The number of oxime groups is 1. The van der Waals surface area contributed by atoms with Crippen LogP contribution in [0.25, 0.3) is 0 Å². The third-order valence-electron chi connectivity index (χ3n) is 3.00. The van der Waals surface area contributed by atoms with Crippen LogP contribution in [-0.2, 0) is 13.0 Å². The maximum Gasteiger partial charge on any atom is 0.170 e. The Morgan fingerprint density at radius 2 is 2.19 bits per heavy atom. The first-order valence-corrected chi connectivity index (χ1v) is 6.56. The predicted molar refractivity (Wildman–Crippen MR) is 78.6 cm³/mol. The van der Waals surface area contributed by atoms with Gasteiger partial charge >= 0.3 is 0 Å². The predicted octanol–water partition coefficient (Wildman–Crippen LogP) is 1.65. The van der Waals surface area contributed by atoms with Gasteiger partial charge in [0, 0.05) is 24.5 Å². The zero-order chi connectivity index (χ0) is 15.1. The van der Waals surface area contributed by atoms with Gasteiger partial charge in [-0.15, -0.1) is 0 Å². The highest BCUT2D eigenvalue weighted by Crippen LogP contribution is 2.09. The van der Waals surface area contributed by atoms with Crippen LogP contribution < -0.4 is 11.1 Å². The molecule has 4 N–H and O–H groups in total. The minimum Gasteiger partial charge on any atom is -0.409 e. The second-order valence-electron chi connectivity index (χ2n) is 4.62. The van der Waals surface area contributed by atoms with Crippen LogP contribution in [0.3, 0.4) is 0 Å². The Morgan fingerprint density at radius 3 is 2.90 bits per heavy atom. The van der Waals surface area contributed by atoms with Gasteiger partial charge in [0.15, 0.2) is 5.84 Å². The van der Waals surface area contributed by atoms with Crippen LogP contribution in [0.15, 0.2) is 47.9 Å². The van der Waals surface area contributed by atoms with Crippen molar-refractivity contribution in [2.75, 3.05) is 6.54 Å². The summed E-state index contributed by atoms with van der Waals surface area (Å²) in [6.45, 7) is 1.25. The molecule has 0 aliphatic heterocycles. The van der Waals surface area contributed by atoms with Crippen LogP contribution in [0.1, 0.15) is 16.7 Å². The van der Waals surface area contributed by atoms with Crippen LogP contribution in [-0.4, -0.2) is 22.6 Å². The molecule has 1 aromatic heterocycles. The van der Waals surface area contributed by atoms with Crippen molar-refractivity contribution >= 4 is 5.84 Å². The van der Waals surface area contributed by atoms with Crippen molar-refractivity contribution in [3.8, 4) is 0 Å². The lowest BCUT2D eigenvalue weighted by molar-refractivity contribution is 0.318. The van der Waals surface area contributed by atoms with Gasteiger partial charge in [-0.05, 0) is 48.4 Å². The normalized spacial score (nSPS) is 11.6. The van der Waals surface area contributed by atoms with Gasteiger partial charge < -0.3 is 16.3 Å². The number of nitrogens with zero attached hydrogens (tertiary/aromatic N) is 2. The Hall–Kier alpha value is -2.47. The van der Waals surface area contributed by atoms with Gasteiger partial charge in [0.1, 0.15) is 5.82 Å². The largest absolute Gasteiger partial charge is 0.409 e. The molecule has 110 valence electrons. The van der Waals surface area contributed by atoms with Crippen molar-refractivity contribution in [3.05, 3.63) is 65.2 Å². The summed E-state index contributed by atoms with van der Waals surface area (Å²) < 4.78 is 13.5. The molecule has 0 aliphatic rings. The molecule has 0 bridgehead atoms. The number of hydrogen-bond acceptors (Lipinski definition) is 4. The van der Waals surface area contributed by atoms with E-state index in [0.717, 1.165) is 24.1 Å². The van der Waals surface area contributed by atoms with E-state index >= 15 is 0 Å². The van der Waals surface area contributed by atoms with Gasteiger partial charge in [0.05, 0.1) is 0 Å². The van der Waals surface area contributed by atoms with E-state index in [1.807, 2.05) is 18.3 Å². The number of hydrogen-bond donors (Lipinski definition) is 3. The standard InChI is InChI=1S/C15H17FN4O/c16-14-7-12(6-13(8-14)15(17)20-21)10-19-5-3-11-2-1-4-18-9-11/h1-2,4,6-9,19,21H,3,5,10H2,(H2,17,20). The molecule has 1 aromatic carbocycles. The van der Waals surface area contributed by atoms with E-state index < -0.39 is 5.82 Å². The number of nitrogens with one attached hydrogen (secondary N) is 1. The fraction of sp³-hybridized carbons (Fsp3) is 0.200. The average Bonchev–Trinajstić information content (AvgIpc) is 2.51. The summed E-state index contributed by atoms with van der Waals surface area (Å²) in [7, 11) is 0.